The first-order valence-corrected chi connectivity index (χ1v) is 14.9. The summed E-state index contributed by atoms with van der Waals surface area (Å²) in [5.41, 5.74) is 1.40. The van der Waals surface area contributed by atoms with Crippen LogP contribution in [0, 0.1) is 39.9 Å². The lowest BCUT2D eigenvalue weighted by Crippen LogP contribution is -2.60. The molecule has 1 heterocycles. The van der Waals surface area contributed by atoms with Gasteiger partial charge >= 0.3 is 0 Å². The molecular formula is C30H36ClNO3S. The lowest BCUT2D eigenvalue weighted by atomic mass is 9.45. The van der Waals surface area contributed by atoms with Crippen LogP contribution >= 0.6 is 23.4 Å². The Labute approximate surface area is 223 Å². The molecule has 0 aromatic heterocycles. The third-order valence-corrected chi connectivity index (χ3v) is 12.0. The highest BCUT2D eigenvalue weighted by atomic mass is 35.5. The molecule has 8 atom stereocenters. The zero-order valence-electron chi connectivity index (χ0n) is 21.2. The van der Waals surface area contributed by atoms with Gasteiger partial charge in [0.05, 0.1) is 16.7 Å². The number of nitrogens with zero attached hydrogens (tertiary/aromatic N) is 1. The van der Waals surface area contributed by atoms with Crippen LogP contribution in [0.4, 0.5) is 0 Å². The monoisotopic (exact) mass is 525 g/mol. The van der Waals surface area contributed by atoms with Crippen molar-refractivity contribution >= 4 is 34.3 Å². The third-order valence-electron chi connectivity index (χ3n) is 10.9. The van der Waals surface area contributed by atoms with Crippen molar-refractivity contribution in [3.63, 3.8) is 0 Å². The summed E-state index contributed by atoms with van der Waals surface area (Å²) < 4.78 is 0. The first kappa shape index (κ1) is 24.9. The van der Waals surface area contributed by atoms with Gasteiger partial charge in [-0.3, -0.25) is 14.5 Å². The van der Waals surface area contributed by atoms with Gasteiger partial charge in [0.15, 0.2) is 10.9 Å². The summed E-state index contributed by atoms with van der Waals surface area (Å²) >= 11 is 7.40. The molecule has 1 aliphatic heterocycles. The van der Waals surface area contributed by atoms with Gasteiger partial charge in [0, 0.05) is 31.0 Å². The molecule has 0 bridgehead atoms. The van der Waals surface area contributed by atoms with Crippen molar-refractivity contribution in [1.29, 1.82) is 0 Å². The summed E-state index contributed by atoms with van der Waals surface area (Å²) in [6, 6.07) is 10.5. The molecule has 5 aliphatic rings. The fourth-order valence-corrected chi connectivity index (χ4v) is 10.6. The number of carbonyl (C=O) groups is 2. The molecule has 0 radical (unpaired) electrons. The van der Waals surface area contributed by atoms with Crippen molar-refractivity contribution in [2.45, 2.75) is 52.2 Å². The van der Waals surface area contributed by atoms with Crippen molar-refractivity contribution in [1.82, 2.24) is 4.90 Å². The summed E-state index contributed by atoms with van der Waals surface area (Å²) in [7, 11) is 0. The zero-order valence-corrected chi connectivity index (χ0v) is 22.7. The predicted octanol–water partition coefficient (Wildman–Crippen LogP) is 5.45. The molecule has 6 rings (SSSR count). The quantitative estimate of drug-likeness (QED) is 0.530. The number of thioether (sulfide) groups is 1. The van der Waals surface area contributed by atoms with Crippen molar-refractivity contribution in [2.75, 3.05) is 18.3 Å². The first-order valence-electron chi connectivity index (χ1n) is 13.3. The molecule has 192 valence electrons. The van der Waals surface area contributed by atoms with Crippen LogP contribution in [0.15, 0.2) is 54.1 Å². The maximum Gasteiger partial charge on any atom is 0.198 e. The fraction of sp³-hybridized carbons (Fsp3) is 0.600. The molecule has 0 amide bonds. The summed E-state index contributed by atoms with van der Waals surface area (Å²) in [6.45, 7) is 7.03. The van der Waals surface area contributed by atoms with Gasteiger partial charge in [0.1, 0.15) is 0 Å². The van der Waals surface area contributed by atoms with Crippen LogP contribution in [0.25, 0.3) is 0 Å². The van der Waals surface area contributed by atoms with E-state index in [1.54, 1.807) is 6.08 Å². The molecule has 1 N–H and O–H groups in total. The number of rotatable bonds is 4. The molecular weight excluding hydrogens is 490 g/mol. The van der Waals surface area contributed by atoms with Gasteiger partial charge in [0.2, 0.25) is 0 Å². The number of aliphatic hydroxyl groups excluding tert-OH is 1. The molecule has 36 heavy (non-hydrogen) atoms. The van der Waals surface area contributed by atoms with Gasteiger partial charge in [-0.1, -0.05) is 67.6 Å². The number of hydrogen-bond acceptors (Lipinski definition) is 5. The molecule has 8 unspecified atom stereocenters. The van der Waals surface area contributed by atoms with Crippen LogP contribution in [0.5, 0.6) is 0 Å². The normalized spacial score (nSPS) is 43.4. The predicted molar refractivity (Wildman–Crippen MR) is 144 cm³/mol. The van der Waals surface area contributed by atoms with E-state index in [9.17, 15) is 14.7 Å². The fourth-order valence-electron chi connectivity index (χ4n) is 9.47. The smallest absolute Gasteiger partial charge is 0.198 e. The van der Waals surface area contributed by atoms with E-state index < -0.39 is 11.5 Å². The molecule has 4 aliphatic carbocycles. The van der Waals surface area contributed by atoms with Crippen LogP contribution in [-0.4, -0.2) is 45.3 Å². The number of allylic oxidation sites excluding steroid dienone is 4. The minimum atomic E-state index is -0.504. The SMILES string of the molecule is CC12C=CC(=O)C=C1CCC1C2C(O)CC2(C)C1CC1CN(Cc3ccccc3)CC12C(=O)SCCl. The summed E-state index contributed by atoms with van der Waals surface area (Å²) in [6.07, 6.45) is 8.61. The zero-order chi connectivity index (χ0) is 25.3. The number of carbonyl (C=O) groups excluding carboxylic acids is 2. The lowest BCUT2D eigenvalue weighted by Gasteiger charge is -2.60. The number of ketones is 1. The van der Waals surface area contributed by atoms with E-state index in [0.29, 0.717) is 18.3 Å². The number of fused-ring (bicyclic) bond motifs is 7. The van der Waals surface area contributed by atoms with Crippen LogP contribution in [0.1, 0.15) is 45.1 Å². The summed E-state index contributed by atoms with van der Waals surface area (Å²) in [4.78, 5) is 28.6. The molecule has 1 aromatic carbocycles. The van der Waals surface area contributed by atoms with Gasteiger partial charge in [-0.05, 0) is 66.6 Å². The Balaban J connectivity index is 1.36. The number of likely N-dealkylation sites (tertiary alicyclic amines) is 1. The van der Waals surface area contributed by atoms with Crippen molar-refractivity contribution in [3.05, 3.63) is 59.7 Å². The minimum Gasteiger partial charge on any atom is -0.393 e. The number of hydrogen-bond donors (Lipinski definition) is 1. The van der Waals surface area contributed by atoms with E-state index in [4.69, 9.17) is 11.6 Å². The second-order valence-electron chi connectivity index (χ2n) is 12.3. The Hall–Kier alpha value is -1.40. The Morgan fingerprint density at radius 3 is 2.78 bits per heavy atom. The first-order chi connectivity index (χ1) is 17.2. The number of benzene rings is 1. The molecule has 4 fully saturated rings. The highest BCUT2D eigenvalue weighted by Gasteiger charge is 2.73. The highest BCUT2D eigenvalue weighted by molar-refractivity contribution is 8.14. The molecule has 6 heteroatoms. The minimum absolute atomic E-state index is 0.0626. The Morgan fingerprint density at radius 2 is 2.03 bits per heavy atom. The molecule has 4 nitrogen and oxygen atoms in total. The second kappa shape index (κ2) is 8.83. The maximum atomic E-state index is 14.0. The topological polar surface area (TPSA) is 57.6 Å². The average Bonchev–Trinajstić information content (AvgIpc) is 3.32. The van der Waals surface area contributed by atoms with Crippen molar-refractivity contribution in [3.8, 4) is 0 Å². The van der Waals surface area contributed by atoms with Gasteiger partial charge in [-0.15, -0.1) is 11.6 Å². The third kappa shape index (κ3) is 3.42. The van der Waals surface area contributed by atoms with Gasteiger partial charge in [0.25, 0.3) is 0 Å². The summed E-state index contributed by atoms with van der Waals surface area (Å²) in [5.74, 6) is 1.16. The lowest BCUT2D eigenvalue weighted by molar-refractivity contribution is -0.150. The number of halogens is 1. The van der Waals surface area contributed by atoms with Crippen molar-refractivity contribution in [2.24, 2.45) is 39.9 Å². The Morgan fingerprint density at radius 1 is 1.25 bits per heavy atom. The van der Waals surface area contributed by atoms with Crippen LogP contribution in [0.2, 0.25) is 0 Å². The maximum absolute atomic E-state index is 14.0. The van der Waals surface area contributed by atoms with Gasteiger partial charge in [-0.25, -0.2) is 0 Å². The van der Waals surface area contributed by atoms with E-state index in [-0.39, 0.29) is 38.8 Å². The number of aliphatic hydroxyl groups is 1. The number of alkyl halides is 1. The second-order valence-corrected chi connectivity index (χ2v) is 13.8. The standard InChI is InChI=1S/C30H36ClNO3S/c1-28-11-10-22(33)12-20(28)8-9-23-24-13-21-16-32(15-19-6-4-3-5-7-19)17-30(21,27(35)36-18-31)29(24,2)14-25(34)26(23)28/h3-7,10-12,21,23-26,34H,8-9,13-18H2,1-2H3. The van der Waals surface area contributed by atoms with E-state index in [1.165, 1.54) is 22.9 Å². The molecule has 0 spiro atoms. The van der Waals surface area contributed by atoms with E-state index in [1.807, 2.05) is 12.1 Å². The molecule has 1 saturated heterocycles. The Kier molecular flexibility index (Phi) is 6.11. The summed E-state index contributed by atoms with van der Waals surface area (Å²) in [5, 5.41) is 12.3. The average molecular weight is 526 g/mol. The van der Waals surface area contributed by atoms with Crippen molar-refractivity contribution < 1.29 is 14.7 Å². The van der Waals surface area contributed by atoms with E-state index >= 15 is 0 Å². The highest BCUT2D eigenvalue weighted by Crippen LogP contribution is 2.73. The van der Waals surface area contributed by atoms with Gasteiger partial charge < -0.3 is 5.11 Å². The molecule has 3 saturated carbocycles. The van der Waals surface area contributed by atoms with E-state index in [2.05, 4.69) is 49.1 Å². The largest absolute Gasteiger partial charge is 0.393 e. The van der Waals surface area contributed by atoms with Crippen LogP contribution in [0.3, 0.4) is 0 Å². The van der Waals surface area contributed by atoms with Crippen LogP contribution in [-0.2, 0) is 16.1 Å². The molecule has 1 aromatic rings. The Bertz CT molecular complexity index is 1140. The van der Waals surface area contributed by atoms with Gasteiger partial charge in [-0.2, -0.15) is 0 Å². The van der Waals surface area contributed by atoms with Crippen LogP contribution < -0.4 is 0 Å². The van der Waals surface area contributed by atoms with E-state index in [0.717, 1.165) is 38.9 Å².